The maximum absolute atomic E-state index is 4.48. The highest BCUT2D eigenvalue weighted by atomic mass is 15.1. The monoisotopic (exact) mass is 193 g/mol. The Balaban J connectivity index is 2.84. The Kier molecular flexibility index (Phi) is 3.86. The third kappa shape index (κ3) is 2.98. The molecular weight excluding hydrogens is 174 g/mol. The molecule has 0 radical (unpaired) electrons. The fourth-order valence-corrected chi connectivity index (χ4v) is 1.31. The summed E-state index contributed by atoms with van der Waals surface area (Å²) < 4.78 is 0. The summed E-state index contributed by atoms with van der Waals surface area (Å²) in [6.07, 6.45) is 2.91. The Hall–Kier alpha value is -1.12. The molecule has 0 aliphatic rings. The lowest BCUT2D eigenvalue weighted by Gasteiger charge is -2.09. The number of nitrogens with one attached hydrogen (secondary N) is 1. The van der Waals surface area contributed by atoms with E-state index in [-0.39, 0.29) is 0 Å². The first-order chi connectivity index (χ1) is 6.63. The van der Waals surface area contributed by atoms with Gasteiger partial charge in [0.05, 0.1) is 0 Å². The molecule has 3 heteroatoms. The van der Waals surface area contributed by atoms with Crippen LogP contribution in [0.3, 0.4) is 0 Å². The molecule has 1 N–H and O–H groups in total. The van der Waals surface area contributed by atoms with Crippen LogP contribution in [0.1, 0.15) is 32.0 Å². The molecule has 1 rings (SSSR count). The SMILES string of the molecule is CCNc1ncc(C)c(CC(C)C)n1. The minimum atomic E-state index is 0.637. The Morgan fingerprint density at radius 1 is 1.43 bits per heavy atom. The van der Waals surface area contributed by atoms with E-state index in [1.165, 1.54) is 5.56 Å². The Morgan fingerprint density at radius 2 is 2.14 bits per heavy atom. The van der Waals surface area contributed by atoms with Crippen molar-refractivity contribution < 1.29 is 0 Å². The van der Waals surface area contributed by atoms with Crippen LogP contribution in [0.25, 0.3) is 0 Å². The standard InChI is InChI=1S/C11H19N3/c1-5-12-11-13-7-9(4)10(14-11)6-8(2)3/h7-8H,5-6H2,1-4H3,(H,12,13,14). The fourth-order valence-electron chi connectivity index (χ4n) is 1.31. The highest BCUT2D eigenvalue weighted by molar-refractivity contribution is 5.28. The first-order valence-corrected chi connectivity index (χ1v) is 5.19. The molecule has 0 aliphatic heterocycles. The van der Waals surface area contributed by atoms with Gasteiger partial charge in [-0.1, -0.05) is 13.8 Å². The zero-order valence-electron chi connectivity index (χ0n) is 9.46. The van der Waals surface area contributed by atoms with E-state index in [0.717, 1.165) is 24.6 Å². The summed E-state index contributed by atoms with van der Waals surface area (Å²) in [6, 6.07) is 0. The lowest BCUT2D eigenvalue weighted by Crippen LogP contribution is -2.07. The summed E-state index contributed by atoms with van der Waals surface area (Å²) >= 11 is 0. The number of hydrogen-bond donors (Lipinski definition) is 1. The summed E-state index contributed by atoms with van der Waals surface area (Å²) in [5, 5.41) is 3.13. The lowest BCUT2D eigenvalue weighted by atomic mass is 10.1. The van der Waals surface area contributed by atoms with Gasteiger partial charge < -0.3 is 5.32 Å². The van der Waals surface area contributed by atoms with Crippen molar-refractivity contribution >= 4 is 5.95 Å². The van der Waals surface area contributed by atoms with E-state index in [1.54, 1.807) is 0 Å². The van der Waals surface area contributed by atoms with Crippen molar-refractivity contribution in [3.05, 3.63) is 17.5 Å². The van der Waals surface area contributed by atoms with Crippen LogP contribution in [-0.4, -0.2) is 16.5 Å². The lowest BCUT2D eigenvalue weighted by molar-refractivity contribution is 0.631. The number of aryl methyl sites for hydroxylation is 1. The van der Waals surface area contributed by atoms with E-state index in [0.29, 0.717) is 5.92 Å². The minimum absolute atomic E-state index is 0.637. The summed E-state index contributed by atoms with van der Waals surface area (Å²) in [5.74, 6) is 1.38. The quantitative estimate of drug-likeness (QED) is 0.798. The predicted molar refractivity (Wildman–Crippen MR) is 59.5 cm³/mol. The van der Waals surface area contributed by atoms with Gasteiger partial charge >= 0.3 is 0 Å². The van der Waals surface area contributed by atoms with Crippen LogP contribution in [-0.2, 0) is 6.42 Å². The average Bonchev–Trinajstić information content (AvgIpc) is 2.10. The highest BCUT2D eigenvalue weighted by Crippen LogP contribution is 2.11. The third-order valence-corrected chi connectivity index (χ3v) is 2.01. The number of nitrogens with zero attached hydrogens (tertiary/aromatic N) is 2. The van der Waals surface area contributed by atoms with E-state index < -0.39 is 0 Å². The normalized spacial score (nSPS) is 10.6. The molecule has 0 saturated carbocycles. The highest BCUT2D eigenvalue weighted by Gasteiger charge is 2.05. The second-order valence-electron chi connectivity index (χ2n) is 3.95. The molecular formula is C11H19N3. The molecule has 0 amide bonds. The molecule has 78 valence electrons. The van der Waals surface area contributed by atoms with Crippen LogP contribution in [0.15, 0.2) is 6.20 Å². The van der Waals surface area contributed by atoms with Crippen molar-refractivity contribution in [2.24, 2.45) is 5.92 Å². The average molecular weight is 193 g/mol. The van der Waals surface area contributed by atoms with Crippen LogP contribution in [0.2, 0.25) is 0 Å². The molecule has 0 atom stereocenters. The maximum Gasteiger partial charge on any atom is 0.222 e. The molecule has 0 bridgehead atoms. The van der Waals surface area contributed by atoms with Crippen molar-refractivity contribution in [2.75, 3.05) is 11.9 Å². The number of rotatable bonds is 4. The van der Waals surface area contributed by atoms with Gasteiger partial charge in [0.1, 0.15) is 0 Å². The van der Waals surface area contributed by atoms with E-state index in [4.69, 9.17) is 0 Å². The Labute approximate surface area is 86.0 Å². The van der Waals surface area contributed by atoms with Crippen molar-refractivity contribution in [3.8, 4) is 0 Å². The second-order valence-corrected chi connectivity index (χ2v) is 3.95. The molecule has 0 saturated heterocycles. The zero-order valence-corrected chi connectivity index (χ0v) is 9.46. The van der Waals surface area contributed by atoms with Crippen LogP contribution >= 0.6 is 0 Å². The van der Waals surface area contributed by atoms with Gasteiger partial charge in [-0.2, -0.15) is 0 Å². The molecule has 0 unspecified atom stereocenters. The largest absolute Gasteiger partial charge is 0.354 e. The Morgan fingerprint density at radius 3 is 2.71 bits per heavy atom. The van der Waals surface area contributed by atoms with Gasteiger partial charge in [-0.05, 0) is 31.7 Å². The molecule has 1 aromatic heterocycles. The van der Waals surface area contributed by atoms with Gasteiger partial charge in [-0.3, -0.25) is 0 Å². The summed E-state index contributed by atoms with van der Waals surface area (Å²) in [6.45, 7) is 9.38. The van der Waals surface area contributed by atoms with Crippen LogP contribution in [0, 0.1) is 12.8 Å². The molecule has 1 aromatic rings. The van der Waals surface area contributed by atoms with Crippen molar-refractivity contribution in [3.63, 3.8) is 0 Å². The first-order valence-electron chi connectivity index (χ1n) is 5.19. The second kappa shape index (κ2) is 4.94. The number of aromatic nitrogens is 2. The van der Waals surface area contributed by atoms with E-state index in [2.05, 4.69) is 36.1 Å². The third-order valence-electron chi connectivity index (χ3n) is 2.01. The molecule has 14 heavy (non-hydrogen) atoms. The summed E-state index contributed by atoms with van der Waals surface area (Å²) in [5.41, 5.74) is 2.34. The molecule has 0 aliphatic carbocycles. The van der Waals surface area contributed by atoms with Crippen LogP contribution in [0.5, 0.6) is 0 Å². The first kappa shape index (κ1) is 11.0. The molecule has 0 spiro atoms. The van der Waals surface area contributed by atoms with Gasteiger partial charge in [-0.25, -0.2) is 9.97 Å². The van der Waals surface area contributed by atoms with Crippen LogP contribution in [0.4, 0.5) is 5.95 Å². The summed E-state index contributed by atoms with van der Waals surface area (Å²) in [4.78, 5) is 8.69. The maximum atomic E-state index is 4.48. The minimum Gasteiger partial charge on any atom is -0.354 e. The van der Waals surface area contributed by atoms with E-state index in [9.17, 15) is 0 Å². The van der Waals surface area contributed by atoms with E-state index >= 15 is 0 Å². The van der Waals surface area contributed by atoms with Crippen molar-refractivity contribution in [1.82, 2.24) is 9.97 Å². The van der Waals surface area contributed by atoms with Gasteiger partial charge in [0.2, 0.25) is 5.95 Å². The Bertz CT molecular complexity index is 295. The summed E-state index contributed by atoms with van der Waals surface area (Å²) in [7, 11) is 0. The van der Waals surface area contributed by atoms with Crippen LogP contribution < -0.4 is 5.32 Å². The smallest absolute Gasteiger partial charge is 0.222 e. The van der Waals surface area contributed by atoms with Gasteiger partial charge in [0, 0.05) is 18.4 Å². The molecule has 0 fully saturated rings. The number of hydrogen-bond acceptors (Lipinski definition) is 3. The molecule has 3 nitrogen and oxygen atoms in total. The van der Waals surface area contributed by atoms with Crippen molar-refractivity contribution in [1.29, 1.82) is 0 Å². The molecule has 1 heterocycles. The van der Waals surface area contributed by atoms with Gasteiger partial charge in [0.25, 0.3) is 0 Å². The van der Waals surface area contributed by atoms with Gasteiger partial charge in [0.15, 0.2) is 0 Å². The number of anilines is 1. The van der Waals surface area contributed by atoms with E-state index in [1.807, 2.05) is 13.1 Å². The fraction of sp³-hybridized carbons (Fsp3) is 0.636. The zero-order chi connectivity index (χ0) is 10.6. The predicted octanol–water partition coefficient (Wildman–Crippen LogP) is 2.42. The van der Waals surface area contributed by atoms with Crippen molar-refractivity contribution in [2.45, 2.75) is 34.1 Å². The van der Waals surface area contributed by atoms with Gasteiger partial charge in [-0.15, -0.1) is 0 Å². The topological polar surface area (TPSA) is 37.8 Å². The molecule has 0 aromatic carbocycles.